The zero-order valence-electron chi connectivity index (χ0n) is 11.0. The lowest BCUT2D eigenvalue weighted by atomic mass is 9.95. The molecule has 0 saturated heterocycles. The van der Waals surface area contributed by atoms with Crippen LogP contribution < -0.4 is 5.32 Å². The number of aromatic nitrogens is 2. The van der Waals surface area contributed by atoms with E-state index in [1.54, 1.807) is 11.8 Å². The molecule has 1 N–H and O–H groups in total. The second-order valence-corrected chi connectivity index (χ2v) is 5.80. The van der Waals surface area contributed by atoms with E-state index in [-0.39, 0.29) is 0 Å². The van der Waals surface area contributed by atoms with Gasteiger partial charge >= 0.3 is 0 Å². The molecule has 0 spiro atoms. The Kier molecular flexibility index (Phi) is 3.84. The summed E-state index contributed by atoms with van der Waals surface area (Å²) in [5.41, 5.74) is 3.78. The monoisotopic (exact) mass is 275 g/mol. The van der Waals surface area contributed by atoms with Gasteiger partial charge in [0.15, 0.2) is 5.82 Å². The fourth-order valence-electron chi connectivity index (χ4n) is 2.35. The van der Waals surface area contributed by atoms with Crippen LogP contribution in [0.5, 0.6) is 0 Å². The van der Waals surface area contributed by atoms with Crippen LogP contribution in [0.4, 0.5) is 0 Å². The summed E-state index contributed by atoms with van der Waals surface area (Å²) in [5, 5.41) is 7.44. The van der Waals surface area contributed by atoms with Crippen LogP contribution in [-0.4, -0.2) is 22.4 Å². The van der Waals surface area contributed by atoms with Gasteiger partial charge in [-0.1, -0.05) is 24.2 Å². The second kappa shape index (κ2) is 5.75. The summed E-state index contributed by atoms with van der Waals surface area (Å²) in [4.78, 5) is 4.51. The third kappa shape index (κ3) is 2.67. The molecule has 0 unspecified atom stereocenters. The number of thioether (sulfide) groups is 1. The highest BCUT2D eigenvalue weighted by Crippen LogP contribution is 2.27. The molecule has 0 amide bonds. The first-order valence-electron chi connectivity index (χ1n) is 6.60. The predicted molar refractivity (Wildman–Crippen MR) is 77.0 cm³/mol. The van der Waals surface area contributed by atoms with Crippen molar-refractivity contribution in [1.29, 1.82) is 0 Å². The number of nitrogens with one attached hydrogen (secondary N) is 1. The van der Waals surface area contributed by atoms with E-state index in [1.807, 2.05) is 0 Å². The van der Waals surface area contributed by atoms with E-state index in [0.717, 1.165) is 42.4 Å². The van der Waals surface area contributed by atoms with Gasteiger partial charge in [0, 0.05) is 12.1 Å². The zero-order chi connectivity index (χ0) is 13.1. The zero-order valence-corrected chi connectivity index (χ0v) is 11.8. The maximum absolute atomic E-state index is 5.42. The maximum Gasteiger partial charge on any atom is 0.258 e. The largest absolute Gasteiger partial charge is 0.334 e. The number of fused-ring (bicyclic) bond motifs is 1. The summed E-state index contributed by atoms with van der Waals surface area (Å²) < 4.78 is 5.42. The molecule has 1 aromatic heterocycles. The molecule has 0 saturated carbocycles. The molecule has 1 aromatic carbocycles. The molecule has 0 atom stereocenters. The smallest absolute Gasteiger partial charge is 0.258 e. The molecule has 0 aliphatic carbocycles. The molecular weight excluding hydrogens is 258 g/mol. The molecule has 4 nitrogen and oxygen atoms in total. The Morgan fingerprint density at radius 2 is 2.37 bits per heavy atom. The molecule has 5 heteroatoms. The van der Waals surface area contributed by atoms with E-state index >= 15 is 0 Å². The summed E-state index contributed by atoms with van der Waals surface area (Å²) in [6.07, 6.45) is 1.02. The van der Waals surface area contributed by atoms with Gasteiger partial charge in [-0.15, -0.1) is 0 Å². The summed E-state index contributed by atoms with van der Waals surface area (Å²) in [6.45, 7) is 4.07. The van der Waals surface area contributed by atoms with Gasteiger partial charge in [-0.05, 0) is 35.9 Å². The Morgan fingerprint density at radius 3 is 3.26 bits per heavy atom. The predicted octanol–water partition coefficient (Wildman–Crippen LogP) is 2.64. The Hall–Kier alpha value is -1.33. The molecule has 3 rings (SSSR count). The van der Waals surface area contributed by atoms with Crippen molar-refractivity contribution in [3.05, 3.63) is 35.2 Å². The molecule has 1 aliphatic rings. The Labute approximate surface area is 117 Å². The number of rotatable bonds is 4. The molecule has 1 aliphatic heterocycles. The van der Waals surface area contributed by atoms with Gasteiger partial charge in [0.25, 0.3) is 5.89 Å². The van der Waals surface area contributed by atoms with Crippen LogP contribution in [-0.2, 0) is 18.7 Å². The van der Waals surface area contributed by atoms with Crippen LogP contribution in [0.25, 0.3) is 11.5 Å². The van der Waals surface area contributed by atoms with Crippen molar-refractivity contribution < 1.29 is 4.52 Å². The van der Waals surface area contributed by atoms with E-state index in [1.165, 1.54) is 11.1 Å². The van der Waals surface area contributed by atoms with Gasteiger partial charge < -0.3 is 9.84 Å². The number of hydrogen-bond acceptors (Lipinski definition) is 5. The highest BCUT2D eigenvalue weighted by atomic mass is 32.2. The average Bonchev–Trinajstić information content (AvgIpc) is 2.93. The summed E-state index contributed by atoms with van der Waals surface area (Å²) in [6, 6.07) is 6.30. The van der Waals surface area contributed by atoms with E-state index in [9.17, 15) is 0 Å². The van der Waals surface area contributed by atoms with Gasteiger partial charge in [-0.25, -0.2) is 0 Å². The third-order valence-corrected chi connectivity index (χ3v) is 4.14. The number of hydrogen-bond donors (Lipinski definition) is 1. The molecule has 0 bridgehead atoms. The molecule has 2 aromatic rings. The van der Waals surface area contributed by atoms with Gasteiger partial charge in [-0.3, -0.25) is 0 Å². The highest BCUT2D eigenvalue weighted by molar-refractivity contribution is 7.98. The van der Waals surface area contributed by atoms with Crippen molar-refractivity contribution >= 4 is 11.8 Å². The van der Waals surface area contributed by atoms with E-state index in [0.29, 0.717) is 5.89 Å². The van der Waals surface area contributed by atoms with Crippen LogP contribution in [0.2, 0.25) is 0 Å². The lowest BCUT2D eigenvalue weighted by molar-refractivity contribution is 0.424. The molecule has 0 radical (unpaired) electrons. The van der Waals surface area contributed by atoms with E-state index in [4.69, 9.17) is 4.52 Å². The Balaban J connectivity index is 1.91. The minimum Gasteiger partial charge on any atom is -0.334 e. The maximum atomic E-state index is 5.42. The summed E-state index contributed by atoms with van der Waals surface area (Å²) in [5.74, 6) is 3.33. The second-order valence-electron chi connectivity index (χ2n) is 4.52. The molecule has 19 heavy (non-hydrogen) atoms. The standard InChI is InChI=1S/C14H17N3OS/c1-2-19-9-13-16-14(18-17-13)12-5-3-4-10-8-15-7-6-11(10)12/h3-5,15H,2,6-9H2,1H3. The average molecular weight is 275 g/mol. The lowest BCUT2D eigenvalue weighted by Crippen LogP contribution is -2.24. The van der Waals surface area contributed by atoms with Gasteiger partial charge in [-0.2, -0.15) is 16.7 Å². The van der Waals surface area contributed by atoms with Crippen LogP contribution in [0.3, 0.4) is 0 Å². The minimum atomic E-state index is 0.658. The lowest BCUT2D eigenvalue weighted by Gasteiger charge is -2.18. The number of benzene rings is 1. The van der Waals surface area contributed by atoms with Crippen LogP contribution >= 0.6 is 11.8 Å². The Bertz CT molecular complexity index is 568. The van der Waals surface area contributed by atoms with Gasteiger partial charge in [0.05, 0.1) is 5.75 Å². The molecule has 100 valence electrons. The van der Waals surface area contributed by atoms with Crippen molar-refractivity contribution in [2.45, 2.75) is 25.6 Å². The third-order valence-electron chi connectivity index (χ3n) is 3.27. The van der Waals surface area contributed by atoms with Gasteiger partial charge in [0.1, 0.15) is 0 Å². The van der Waals surface area contributed by atoms with Crippen LogP contribution in [0.1, 0.15) is 23.9 Å². The quantitative estimate of drug-likeness (QED) is 0.929. The van der Waals surface area contributed by atoms with E-state index < -0.39 is 0 Å². The number of nitrogens with zero attached hydrogens (tertiary/aromatic N) is 2. The molecule has 2 heterocycles. The van der Waals surface area contributed by atoms with Crippen molar-refractivity contribution in [3.63, 3.8) is 0 Å². The first kappa shape index (κ1) is 12.7. The van der Waals surface area contributed by atoms with Gasteiger partial charge in [0.2, 0.25) is 0 Å². The topological polar surface area (TPSA) is 51.0 Å². The Morgan fingerprint density at radius 1 is 1.42 bits per heavy atom. The molecule has 0 fully saturated rings. The van der Waals surface area contributed by atoms with Crippen molar-refractivity contribution in [2.75, 3.05) is 12.3 Å². The first-order chi connectivity index (χ1) is 9.38. The summed E-state index contributed by atoms with van der Waals surface area (Å²) in [7, 11) is 0. The van der Waals surface area contributed by atoms with Crippen LogP contribution in [0, 0.1) is 0 Å². The normalized spacial score (nSPS) is 14.4. The van der Waals surface area contributed by atoms with E-state index in [2.05, 4.69) is 40.6 Å². The van der Waals surface area contributed by atoms with Crippen molar-refractivity contribution in [1.82, 2.24) is 15.5 Å². The fourth-order valence-corrected chi connectivity index (χ4v) is 2.85. The SMILES string of the molecule is CCSCc1noc(-c2cccc3c2CCNC3)n1. The summed E-state index contributed by atoms with van der Waals surface area (Å²) >= 11 is 1.80. The van der Waals surface area contributed by atoms with Crippen molar-refractivity contribution in [2.24, 2.45) is 0 Å². The van der Waals surface area contributed by atoms with Crippen LogP contribution in [0.15, 0.2) is 22.7 Å². The first-order valence-corrected chi connectivity index (χ1v) is 7.76. The molecular formula is C14H17N3OS. The highest BCUT2D eigenvalue weighted by Gasteiger charge is 2.17. The van der Waals surface area contributed by atoms with Crippen molar-refractivity contribution in [3.8, 4) is 11.5 Å². The fraction of sp³-hybridized carbons (Fsp3) is 0.429. The minimum absolute atomic E-state index is 0.658.